The number of hydrogen-bond donors (Lipinski definition) is 2. The Bertz CT molecular complexity index is 4300. The third-order valence-electron chi connectivity index (χ3n) is 13.5. The molecule has 6 aromatic carbocycles. The van der Waals surface area contributed by atoms with Crippen LogP contribution in [-0.4, -0.2) is 178 Å². The zero-order valence-electron chi connectivity index (χ0n) is 54.4. The molecule has 0 spiro atoms. The Hall–Kier alpha value is -8.35. The van der Waals surface area contributed by atoms with Gasteiger partial charge in [-0.3, -0.25) is 28.4 Å². The van der Waals surface area contributed by atoms with E-state index in [0.29, 0.717) is 19.8 Å². The van der Waals surface area contributed by atoms with Gasteiger partial charge in [0.05, 0.1) is 62.1 Å². The number of aromatic nitrogens is 6. The smallest absolute Gasteiger partial charge is 0.870 e. The van der Waals surface area contributed by atoms with E-state index in [0.717, 1.165) is 90.8 Å². The van der Waals surface area contributed by atoms with Crippen LogP contribution in [0.4, 0.5) is 0 Å². The molecule has 0 radical (unpaired) electrons. The first kappa shape index (κ1) is 77.1. The molecule has 0 fully saturated rings. The van der Waals surface area contributed by atoms with Crippen LogP contribution in [0.15, 0.2) is 178 Å². The average Bonchev–Trinajstić information content (AvgIpc) is 2.07. The molecule has 0 aliphatic heterocycles. The Labute approximate surface area is 556 Å². The van der Waals surface area contributed by atoms with Crippen LogP contribution < -0.4 is 18.9 Å². The summed E-state index contributed by atoms with van der Waals surface area (Å²) in [6, 6.07) is 49.1. The van der Waals surface area contributed by atoms with Gasteiger partial charge in [-0.1, -0.05) is 109 Å². The minimum atomic E-state index is -3.27. The number of carboxylic acids is 1. The zero-order chi connectivity index (χ0) is 66.8. The Morgan fingerprint density at radius 3 is 0.989 bits per heavy atom. The molecule has 26 heteroatoms. The molecule has 490 valence electrons. The molecule has 93 heavy (non-hydrogen) atoms. The quantitative estimate of drug-likeness (QED) is 0.0624. The van der Waals surface area contributed by atoms with Crippen molar-refractivity contribution in [2.45, 2.75) is 62.0 Å². The van der Waals surface area contributed by atoms with Crippen molar-refractivity contribution in [3.05, 3.63) is 181 Å². The molecule has 9 rings (SSSR count). The van der Waals surface area contributed by atoms with Crippen LogP contribution in [0.5, 0.6) is 0 Å². The van der Waals surface area contributed by atoms with Crippen molar-refractivity contribution in [2.75, 3.05) is 79.9 Å². The number of aliphatic hydroxyl groups excluding tert-OH is 1. The Kier molecular flexibility index (Phi) is 29.1. The van der Waals surface area contributed by atoms with Gasteiger partial charge in [-0.05, 0) is 161 Å². The molecular formula is C67H79LiN8O14S3. The number of aryl methyl sites for hydroxylation is 3. The summed E-state index contributed by atoms with van der Waals surface area (Å²) in [6.07, 6.45) is 3.58. The number of aliphatic carboxylic acids is 1. The molecule has 3 heterocycles. The molecule has 0 saturated heterocycles. The van der Waals surface area contributed by atoms with Gasteiger partial charge in [-0.15, -0.1) is 0 Å². The number of carbonyl (C=O) groups excluding carboxylic acids is 2. The van der Waals surface area contributed by atoms with Gasteiger partial charge in [-0.25, -0.2) is 25.3 Å². The molecular weight excluding hydrogens is 1240 g/mol. The molecule has 3 N–H and O–H groups in total. The van der Waals surface area contributed by atoms with Gasteiger partial charge in [0.25, 0.3) is 0 Å². The molecule has 0 aliphatic rings. The normalized spacial score (nSPS) is 11.2. The largest absolute Gasteiger partial charge is 1.00 e. The summed E-state index contributed by atoms with van der Waals surface area (Å²) in [5.41, 5.74) is 12.5. The van der Waals surface area contributed by atoms with Crippen LogP contribution in [-0.2, 0) is 73.0 Å². The second kappa shape index (κ2) is 35.1. The SMILES string of the molecule is CCOC(=O)Cn1nc(C)cc1-c1ccc(-c2cccc(S(C)(=O)=O)c2)cc1.CN(C)CCO.Cc1cc(-c2ccc(-c3cccc(S(C)(=O)=O)c3)cc2)n(CC(=O)O)n1.Cc1cc(-c2ccc(-c3cccc(S(C)(=O)=O)c3)cc2)n(CC(=O)OCCN(C)C)n1.[Li+].[OH-]. The molecule has 0 atom stereocenters. The number of carboxylic acid groups (broad SMARTS) is 1. The first-order chi connectivity index (χ1) is 42.9. The number of hydrogen-bond acceptors (Lipinski definition) is 18. The van der Waals surface area contributed by atoms with E-state index >= 15 is 0 Å². The van der Waals surface area contributed by atoms with Gasteiger partial charge >= 0.3 is 36.8 Å². The summed E-state index contributed by atoms with van der Waals surface area (Å²) in [5, 5.41) is 30.2. The van der Waals surface area contributed by atoms with Gasteiger partial charge in [0, 0.05) is 31.9 Å². The average molecular weight is 1320 g/mol. The summed E-state index contributed by atoms with van der Waals surface area (Å²) < 4.78 is 85.7. The second-order valence-corrected chi connectivity index (χ2v) is 27.9. The van der Waals surface area contributed by atoms with E-state index in [-0.39, 0.29) is 77.2 Å². The first-order valence-electron chi connectivity index (χ1n) is 28.7. The van der Waals surface area contributed by atoms with Crippen molar-refractivity contribution >= 4 is 47.4 Å². The second-order valence-electron chi connectivity index (χ2n) is 21.9. The van der Waals surface area contributed by atoms with Gasteiger partial charge in [0.1, 0.15) is 26.2 Å². The fraction of sp³-hybridized carbons (Fsp3) is 0.284. The van der Waals surface area contributed by atoms with Crippen LogP contribution in [0.3, 0.4) is 0 Å². The van der Waals surface area contributed by atoms with E-state index in [1.807, 2.05) is 168 Å². The number of sulfone groups is 3. The predicted molar refractivity (Wildman–Crippen MR) is 354 cm³/mol. The predicted octanol–water partition coefficient (Wildman–Crippen LogP) is 5.91. The fourth-order valence-electron chi connectivity index (χ4n) is 9.08. The molecule has 22 nitrogen and oxygen atoms in total. The maximum absolute atomic E-state index is 12.2. The van der Waals surface area contributed by atoms with Crippen LogP contribution in [0.1, 0.15) is 24.0 Å². The molecule has 0 bridgehead atoms. The monoisotopic (exact) mass is 1320 g/mol. The standard InChI is InChI=1S/C23H27N3O4S.C21H22N2O4S.C19H18N2O4S.C4H11NO.Li.H2O/c1-17-14-22(26(24-17)16-23(27)30-13-12-25(2)3)19-10-8-18(9-11-19)20-6-5-7-21(15-20)31(4,28)29;1-4-27-21(24)14-23-20(12-15(2)22-23)17-10-8-16(9-11-17)18-6-5-7-19(13-18)28(3,25)26;1-13-10-18(21(20-13)12-19(22)23)15-8-6-14(7-9-15)16-4-3-5-17(11-16)26(2,24)25;1-5(2)3-4-6;;/h5-11,14-15H,12-13,16H2,1-4H3;5-13H,4,14H2,1-3H3;3-11H,12H2,1-2H3,(H,22,23);6H,3-4H2,1-2H3;;1H2/q;;;;+1;/p-1. The van der Waals surface area contributed by atoms with Gasteiger partial charge in [-0.2, -0.15) is 15.3 Å². The van der Waals surface area contributed by atoms with Crippen LogP contribution in [0.25, 0.3) is 67.2 Å². The molecule has 0 amide bonds. The van der Waals surface area contributed by atoms with Crippen molar-refractivity contribution in [2.24, 2.45) is 0 Å². The van der Waals surface area contributed by atoms with Crippen LogP contribution in [0.2, 0.25) is 0 Å². The number of nitrogens with zero attached hydrogens (tertiary/aromatic N) is 8. The van der Waals surface area contributed by atoms with E-state index in [2.05, 4.69) is 15.3 Å². The van der Waals surface area contributed by atoms with Crippen molar-refractivity contribution in [3.63, 3.8) is 0 Å². The molecule has 9 aromatic rings. The van der Waals surface area contributed by atoms with E-state index in [1.165, 1.54) is 23.4 Å². The van der Waals surface area contributed by atoms with Crippen molar-refractivity contribution < 1.29 is 83.7 Å². The Balaban J connectivity index is 0.000000282. The van der Waals surface area contributed by atoms with Crippen molar-refractivity contribution in [1.29, 1.82) is 0 Å². The number of esters is 2. The minimum absolute atomic E-state index is 0. The van der Waals surface area contributed by atoms with E-state index in [1.54, 1.807) is 70.9 Å². The van der Waals surface area contributed by atoms with Crippen LogP contribution in [0, 0.1) is 20.8 Å². The number of likely N-dealkylation sites (N-methyl/N-ethyl adjacent to an activating group) is 2. The van der Waals surface area contributed by atoms with Crippen molar-refractivity contribution in [1.82, 2.24) is 39.1 Å². The fourth-order valence-corrected chi connectivity index (χ4v) is 11.1. The van der Waals surface area contributed by atoms with E-state index in [9.17, 15) is 39.6 Å². The maximum atomic E-state index is 12.2. The van der Waals surface area contributed by atoms with Crippen molar-refractivity contribution in [3.8, 4) is 67.2 Å². The summed E-state index contributed by atoms with van der Waals surface area (Å²) in [6.45, 7) is 9.56. The molecule has 0 saturated carbocycles. The number of aliphatic hydroxyl groups is 1. The van der Waals surface area contributed by atoms with E-state index in [4.69, 9.17) is 19.7 Å². The number of ether oxygens (including phenoxy) is 2. The number of rotatable bonds is 21. The summed E-state index contributed by atoms with van der Waals surface area (Å²) >= 11 is 0. The topological polar surface area (TPSA) is 302 Å². The number of carbonyl (C=O) groups is 3. The van der Waals surface area contributed by atoms with Gasteiger partial charge in [0.2, 0.25) is 0 Å². The summed E-state index contributed by atoms with van der Waals surface area (Å²) in [7, 11) is -2.10. The maximum Gasteiger partial charge on any atom is 1.00 e. The third kappa shape index (κ3) is 23.6. The van der Waals surface area contributed by atoms with Gasteiger partial charge < -0.3 is 35.0 Å². The van der Waals surface area contributed by atoms with Gasteiger partial charge in [0.15, 0.2) is 29.5 Å². The third-order valence-corrected chi connectivity index (χ3v) is 16.9. The van der Waals surface area contributed by atoms with E-state index < -0.39 is 35.5 Å². The Morgan fingerprint density at radius 1 is 0.441 bits per heavy atom. The molecule has 3 aromatic heterocycles. The molecule has 0 unspecified atom stereocenters. The van der Waals surface area contributed by atoms with Crippen LogP contribution >= 0.6 is 0 Å². The minimum Gasteiger partial charge on any atom is -0.870 e. The summed E-state index contributed by atoms with van der Waals surface area (Å²) in [4.78, 5) is 39.7. The zero-order valence-corrected chi connectivity index (χ0v) is 56.8. The first-order valence-corrected chi connectivity index (χ1v) is 34.4. The number of benzene rings is 6. The Morgan fingerprint density at radius 2 is 0.731 bits per heavy atom. The molecule has 0 aliphatic carbocycles. The summed E-state index contributed by atoms with van der Waals surface area (Å²) in [5.74, 6) is -1.62.